The van der Waals surface area contributed by atoms with Crippen LogP contribution in [-0.2, 0) is 15.8 Å². The van der Waals surface area contributed by atoms with E-state index in [4.69, 9.17) is 11.6 Å². The van der Waals surface area contributed by atoms with Crippen molar-refractivity contribution in [3.63, 3.8) is 0 Å². The summed E-state index contributed by atoms with van der Waals surface area (Å²) in [5, 5.41) is 2.19. The van der Waals surface area contributed by atoms with Crippen LogP contribution in [-0.4, -0.2) is 35.2 Å². The quantitative estimate of drug-likeness (QED) is 0.840. The fourth-order valence-corrected chi connectivity index (χ4v) is 1.97. The Kier molecular flexibility index (Phi) is 6.22. The molecule has 0 aliphatic carbocycles. The van der Waals surface area contributed by atoms with Crippen LogP contribution in [0.2, 0.25) is 0 Å². The van der Waals surface area contributed by atoms with Crippen molar-refractivity contribution < 1.29 is 22.8 Å². The molecular formula is C14H16ClF3N2O2. The molecule has 1 aromatic carbocycles. The Morgan fingerprint density at radius 2 is 1.86 bits per heavy atom. The van der Waals surface area contributed by atoms with E-state index in [-0.39, 0.29) is 24.2 Å². The number of halogens is 4. The van der Waals surface area contributed by atoms with E-state index in [9.17, 15) is 22.8 Å². The molecule has 1 N–H and O–H groups in total. The van der Waals surface area contributed by atoms with Gasteiger partial charge in [0.25, 0.3) is 0 Å². The Balaban J connectivity index is 2.88. The highest BCUT2D eigenvalue weighted by Crippen LogP contribution is 2.34. The van der Waals surface area contributed by atoms with Crippen LogP contribution in [0, 0.1) is 0 Å². The summed E-state index contributed by atoms with van der Waals surface area (Å²) in [5.41, 5.74) is -1.29. The van der Waals surface area contributed by atoms with Gasteiger partial charge < -0.3 is 10.2 Å². The summed E-state index contributed by atoms with van der Waals surface area (Å²) in [6, 6.07) is 4.35. The average Bonchev–Trinajstić information content (AvgIpc) is 2.43. The van der Waals surface area contributed by atoms with Gasteiger partial charge in [0, 0.05) is 6.04 Å². The number of para-hydroxylation sites is 1. The molecule has 2 amide bonds. The topological polar surface area (TPSA) is 49.4 Å². The van der Waals surface area contributed by atoms with Gasteiger partial charge in [-0.05, 0) is 26.0 Å². The number of rotatable bonds is 5. The molecule has 4 nitrogen and oxygen atoms in total. The first-order chi connectivity index (χ1) is 10.2. The van der Waals surface area contributed by atoms with Crippen molar-refractivity contribution >= 4 is 29.1 Å². The Bertz CT molecular complexity index is 547. The van der Waals surface area contributed by atoms with E-state index in [1.54, 1.807) is 13.8 Å². The maximum atomic E-state index is 12.8. The maximum Gasteiger partial charge on any atom is 0.418 e. The molecule has 1 rings (SSSR count). The number of carbonyl (C=O) groups excluding carboxylic acids is 2. The minimum absolute atomic E-state index is 0.296. The molecule has 8 heteroatoms. The molecule has 1 aromatic rings. The monoisotopic (exact) mass is 336 g/mol. The fraction of sp³-hybridized carbons (Fsp3) is 0.429. The van der Waals surface area contributed by atoms with Gasteiger partial charge in [-0.15, -0.1) is 11.6 Å². The number of carbonyl (C=O) groups is 2. The van der Waals surface area contributed by atoms with Gasteiger partial charge in [0.05, 0.1) is 11.3 Å². The summed E-state index contributed by atoms with van der Waals surface area (Å²) in [5.74, 6) is -1.48. The minimum Gasteiger partial charge on any atom is -0.330 e. The van der Waals surface area contributed by atoms with Crippen molar-refractivity contribution in [1.29, 1.82) is 0 Å². The molecule has 0 saturated carbocycles. The van der Waals surface area contributed by atoms with Crippen LogP contribution in [0.5, 0.6) is 0 Å². The molecule has 0 heterocycles. The lowest BCUT2D eigenvalue weighted by atomic mass is 10.1. The van der Waals surface area contributed by atoms with E-state index >= 15 is 0 Å². The van der Waals surface area contributed by atoms with Gasteiger partial charge >= 0.3 is 6.18 Å². The minimum atomic E-state index is -4.58. The van der Waals surface area contributed by atoms with Crippen LogP contribution < -0.4 is 5.32 Å². The lowest BCUT2D eigenvalue weighted by Crippen LogP contribution is -2.43. The lowest BCUT2D eigenvalue weighted by molar-refractivity contribution is -0.137. The van der Waals surface area contributed by atoms with E-state index in [1.165, 1.54) is 17.0 Å². The highest BCUT2D eigenvalue weighted by molar-refractivity contribution is 6.27. The van der Waals surface area contributed by atoms with Gasteiger partial charge in [0.2, 0.25) is 11.8 Å². The third kappa shape index (κ3) is 4.91. The van der Waals surface area contributed by atoms with Crippen molar-refractivity contribution in [1.82, 2.24) is 4.90 Å². The van der Waals surface area contributed by atoms with E-state index in [0.29, 0.717) is 0 Å². The third-order valence-electron chi connectivity index (χ3n) is 2.88. The van der Waals surface area contributed by atoms with Crippen molar-refractivity contribution in [3.8, 4) is 0 Å². The van der Waals surface area contributed by atoms with Crippen LogP contribution in [0.4, 0.5) is 18.9 Å². The third-order valence-corrected chi connectivity index (χ3v) is 3.11. The molecule has 0 radical (unpaired) electrons. The smallest absolute Gasteiger partial charge is 0.330 e. The van der Waals surface area contributed by atoms with Gasteiger partial charge in [0.1, 0.15) is 12.4 Å². The number of hydrogen-bond donors (Lipinski definition) is 1. The molecule has 0 unspecified atom stereocenters. The molecule has 0 aliphatic heterocycles. The van der Waals surface area contributed by atoms with Crippen molar-refractivity contribution in [2.75, 3.05) is 17.7 Å². The number of benzene rings is 1. The van der Waals surface area contributed by atoms with Gasteiger partial charge in [-0.2, -0.15) is 13.2 Å². The van der Waals surface area contributed by atoms with Gasteiger partial charge in [-0.25, -0.2) is 0 Å². The molecule has 122 valence electrons. The molecule has 22 heavy (non-hydrogen) atoms. The second-order valence-electron chi connectivity index (χ2n) is 4.84. The molecule has 0 bridgehead atoms. The Hall–Kier alpha value is -1.76. The molecule has 0 saturated heterocycles. The Labute approximate surface area is 131 Å². The molecule has 0 aliphatic rings. The van der Waals surface area contributed by atoms with Gasteiger partial charge in [0.15, 0.2) is 0 Å². The van der Waals surface area contributed by atoms with Crippen LogP contribution in [0.25, 0.3) is 0 Å². The number of alkyl halides is 4. The largest absolute Gasteiger partial charge is 0.418 e. The maximum absolute atomic E-state index is 12.8. The van der Waals surface area contributed by atoms with E-state index < -0.39 is 23.6 Å². The average molecular weight is 337 g/mol. The number of nitrogens with zero attached hydrogens (tertiary/aromatic N) is 1. The second kappa shape index (κ2) is 7.49. The highest BCUT2D eigenvalue weighted by Gasteiger charge is 2.33. The molecule has 0 aromatic heterocycles. The van der Waals surface area contributed by atoms with Gasteiger partial charge in [-0.1, -0.05) is 12.1 Å². The number of hydrogen-bond acceptors (Lipinski definition) is 2. The Morgan fingerprint density at radius 3 is 2.36 bits per heavy atom. The summed E-state index contributed by atoms with van der Waals surface area (Å²) < 4.78 is 38.5. The Morgan fingerprint density at radius 1 is 1.27 bits per heavy atom. The van der Waals surface area contributed by atoms with Crippen LogP contribution in [0.1, 0.15) is 19.4 Å². The highest BCUT2D eigenvalue weighted by atomic mass is 35.5. The first-order valence-corrected chi connectivity index (χ1v) is 7.01. The summed E-state index contributed by atoms with van der Waals surface area (Å²) in [6.07, 6.45) is -4.58. The first-order valence-electron chi connectivity index (χ1n) is 6.48. The van der Waals surface area contributed by atoms with E-state index in [2.05, 4.69) is 5.32 Å². The normalized spacial score (nSPS) is 11.4. The predicted octanol–water partition coefficient (Wildman–Crippen LogP) is 3.12. The zero-order valence-corrected chi connectivity index (χ0v) is 12.8. The first kappa shape index (κ1) is 18.3. The van der Waals surface area contributed by atoms with Crippen LogP contribution in [0.15, 0.2) is 24.3 Å². The lowest BCUT2D eigenvalue weighted by Gasteiger charge is -2.25. The zero-order valence-electron chi connectivity index (χ0n) is 12.1. The second-order valence-corrected chi connectivity index (χ2v) is 5.11. The fourth-order valence-electron chi connectivity index (χ4n) is 1.82. The van der Waals surface area contributed by atoms with Crippen molar-refractivity contribution in [3.05, 3.63) is 29.8 Å². The molecule has 0 spiro atoms. The predicted molar refractivity (Wildman–Crippen MR) is 77.6 cm³/mol. The van der Waals surface area contributed by atoms with Gasteiger partial charge in [-0.3, -0.25) is 9.59 Å². The summed E-state index contributed by atoms with van der Waals surface area (Å²) in [7, 11) is 0. The summed E-state index contributed by atoms with van der Waals surface area (Å²) in [6.45, 7) is 3.00. The van der Waals surface area contributed by atoms with E-state index in [1.807, 2.05) is 0 Å². The van der Waals surface area contributed by atoms with Crippen molar-refractivity contribution in [2.45, 2.75) is 26.1 Å². The molecule has 0 fully saturated rings. The van der Waals surface area contributed by atoms with Crippen LogP contribution in [0.3, 0.4) is 0 Å². The summed E-state index contributed by atoms with van der Waals surface area (Å²) >= 11 is 5.45. The number of anilines is 1. The van der Waals surface area contributed by atoms with Crippen LogP contribution >= 0.6 is 11.6 Å². The number of nitrogens with one attached hydrogen (secondary N) is 1. The SMILES string of the molecule is CC(C)N(CC(=O)Nc1ccccc1C(F)(F)F)C(=O)CCl. The van der Waals surface area contributed by atoms with Crippen molar-refractivity contribution in [2.24, 2.45) is 0 Å². The summed E-state index contributed by atoms with van der Waals surface area (Å²) in [4.78, 5) is 24.7. The van der Waals surface area contributed by atoms with E-state index in [0.717, 1.165) is 12.1 Å². The number of amides is 2. The molecular weight excluding hydrogens is 321 g/mol. The molecule has 0 atom stereocenters. The standard InChI is InChI=1S/C14H16ClF3N2O2/c1-9(2)20(13(22)7-15)8-12(21)19-11-6-4-3-5-10(11)14(16,17)18/h3-6,9H,7-8H2,1-2H3,(H,19,21). The zero-order chi connectivity index (χ0) is 16.9.